The van der Waals surface area contributed by atoms with Crippen LogP contribution >= 0.6 is 21.6 Å². The number of hydrogen-bond acceptors (Lipinski definition) is 4. The highest BCUT2D eigenvalue weighted by molar-refractivity contribution is 8.76. The molecule has 4 nitrogen and oxygen atoms in total. The number of allylic oxidation sites excluding steroid dienone is 20. The lowest BCUT2D eigenvalue weighted by Gasteiger charge is -2.06. The van der Waals surface area contributed by atoms with Crippen LogP contribution in [0.2, 0.25) is 0 Å². The van der Waals surface area contributed by atoms with E-state index in [9.17, 15) is 9.59 Å². The molecule has 0 rings (SSSR count). The van der Waals surface area contributed by atoms with E-state index in [2.05, 4.69) is 146 Å². The van der Waals surface area contributed by atoms with Gasteiger partial charge in [0.05, 0.1) is 0 Å². The van der Waals surface area contributed by atoms with Gasteiger partial charge in [0.1, 0.15) is 0 Å². The van der Waals surface area contributed by atoms with Gasteiger partial charge >= 0.3 is 0 Å². The third kappa shape index (κ3) is 41.2. The zero-order chi connectivity index (χ0) is 36.3. The molecule has 0 saturated heterocycles. The van der Waals surface area contributed by atoms with Crippen LogP contribution in [0.4, 0.5) is 0 Å². The molecular formula is C44H68N2O2S2. The SMILES string of the molecule is CC/C=C\C/C=C\C/C=C\C/C=C\C/C=C\CCCC(=O)NCCSSCCNC(=O)CCC/C=C\C/C=C\C/C=C\C/C=C\C/C=C\CC. The molecular weight excluding hydrogens is 653 g/mol. The van der Waals surface area contributed by atoms with Gasteiger partial charge in [-0.1, -0.05) is 157 Å². The Morgan fingerprint density at radius 2 is 0.660 bits per heavy atom. The topological polar surface area (TPSA) is 58.2 Å². The molecule has 50 heavy (non-hydrogen) atoms. The van der Waals surface area contributed by atoms with Crippen LogP contribution in [0.5, 0.6) is 0 Å². The van der Waals surface area contributed by atoms with Crippen molar-refractivity contribution < 1.29 is 9.59 Å². The Morgan fingerprint density at radius 1 is 0.400 bits per heavy atom. The number of hydrogen-bond donors (Lipinski definition) is 2. The maximum absolute atomic E-state index is 12.0. The summed E-state index contributed by atoms with van der Waals surface area (Å²) in [5.74, 6) is 1.98. The molecule has 0 atom stereocenters. The maximum Gasteiger partial charge on any atom is 0.220 e. The molecule has 0 radical (unpaired) electrons. The fourth-order valence-electron chi connectivity index (χ4n) is 4.26. The predicted molar refractivity (Wildman–Crippen MR) is 228 cm³/mol. The van der Waals surface area contributed by atoms with Crippen LogP contribution in [0, 0.1) is 0 Å². The van der Waals surface area contributed by atoms with Crippen LogP contribution in [0.1, 0.15) is 117 Å². The third-order valence-electron chi connectivity index (χ3n) is 6.96. The standard InChI is InChI=1S/C44H68N2O2S2/c1-3-5-7-9-11-13-15-17-19-21-23-25-27-29-31-33-35-37-43(47)45-39-41-49-50-42-40-46-44(48)38-36-34-32-30-28-26-24-22-20-18-16-14-12-10-8-6-4-2/h5-8,11-14,17-20,23-26,29-32H,3-4,9-10,15-16,21-22,27-28,33-42H2,1-2H3,(H,45,47)(H,46,48)/b7-5-,8-6-,13-11-,14-12-,19-17-,20-18-,25-23-,26-24-,31-29-,32-30-. The summed E-state index contributed by atoms with van der Waals surface area (Å²) in [4.78, 5) is 24.1. The van der Waals surface area contributed by atoms with Crippen molar-refractivity contribution in [1.29, 1.82) is 0 Å². The van der Waals surface area contributed by atoms with Crippen molar-refractivity contribution in [2.75, 3.05) is 24.6 Å². The second kappa shape index (κ2) is 42.2. The summed E-state index contributed by atoms with van der Waals surface area (Å²) in [6.07, 6.45) is 58.8. The summed E-state index contributed by atoms with van der Waals surface area (Å²) in [7, 11) is 3.48. The zero-order valence-electron chi connectivity index (χ0n) is 31.3. The second-order valence-corrected chi connectivity index (χ2v) is 14.2. The van der Waals surface area contributed by atoms with E-state index in [0.29, 0.717) is 25.9 Å². The number of rotatable bonds is 33. The first kappa shape index (κ1) is 47.0. The Hall–Kier alpha value is -2.96. The van der Waals surface area contributed by atoms with E-state index in [1.165, 1.54) is 0 Å². The fraction of sp³-hybridized carbons (Fsp3) is 0.500. The van der Waals surface area contributed by atoms with E-state index in [1.54, 1.807) is 21.6 Å². The van der Waals surface area contributed by atoms with Gasteiger partial charge in [-0.15, -0.1) is 0 Å². The minimum absolute atomic E-state index is 0.125. The van der Waals surface area contributed by atoms with Crippen molar-refractivity contribution in [3.05, 3.63) is 122 Å². The number of nitrogens with one attached hydrogen (secondary N) is 2. The summed E-state index contributed by atoms with van der Waals surface area (Å²) in [6.45, 7) is 5.67. The van der Waals surface area contributed by atoms with Crippen molar-refractivity contribution in [3.63, 3.8) is 0 Å². The van der Waals surface area contributed by atoms with E-state index >= 15 is 0 Å². The van der Waals surface area contributed by atoms with E-state index < -0.39 is 0 Å². The summed E-state index contributed by atoms with van der Waals surface area (Å²) >= 11 is 0. The van der Waals surface area contributed by atoms with E-state index in [1.807, 2.05) is 0 Å². The number of carbonyl (C=O) groups is 2. The first-order valence-electron chi connectivity index (χ1n) is 19.0. The Morgan fingerprint density at radius 3 is 0.940 bits per heavy atom. The average molecular weight is 721 g/mol. The molecule has 0 heterocycles. The van der Waals surface area contributed by atoms with E-state index in [4.69, 9.17) is 0 Å². The molecule has 2 amide bonds. The van der Waals surface area contributed by atoms with Crippen LogP contribution in [-0.4, -0.2) is 36.4 Å². The first-order valence-corrected chi connectivity index (χ1v) is 21.5. The summed E-state index contributed by atoms with van der Waals surface area (Å²) in [5, 5.41) is 6.01. The Bertz CT molecular complexity index is 1010. The lowest BCUT2D eigenvalue weighted by molar-refractivity contribution is -0.121. The van der Waals surface area contributed by atoms with Gasteiger partial charge in [0.2, 0.25) is 11.8 Å². The third-order valence-corrected chi connectivity index (χ3v) is 9.37. The monoisotopic (exact) mass is 720 g/mol. The molecule has 0 aromatic carbocycles. The number of amides is 2. The van der Waals surface area contributed by atoms with Gasteiger partial charge in [0.25, 0.3) is 0 Å². The van der Waals surface area contributed by atoms with Crippen LogP contribution in [-0.2, 0) is 9.59 Å². The summed E-state index contributed by atoms with van der Waals surface area (Å²) in [5.41, 5.74) is 0. The minimum Gasteiger partial charge on any atom is -0.355 e. The molecule has 278 valence electrons. The number of carbonyl (C=O) groups excluding carboxylic acids is 2. The molecule has 0 fully saturated rings. The zero-order valence-corrected chi connectivity index (χ0v) is 33.0. The predicted octanol–water partition coefficient (Wildman–Crippen LogP) is 12.4. The molecule has 6 heteroatoms. The molecule has 0 spiro atoms. The van der Waals surface area contributed by atoms with Crippen molar-refractivity contribution in [2.24, 2.45) is 0 Å². The molecule has 0 aliphatic carbocycles. The Kier molecular flexibility index (Phi) is 39.7. The quantitative estimate of drug-likeness (QED) is 0.0403. The highest BCUT2D eigenvalue weighted by Crippen LogP contribution is 2.19. The fourth-order valence-corrected chi connectivity index (χ4v) is 6.07. The smallest absolute Gasteiger partial charge is 0.220 e. The van der Waals surface area contributed by atoms with Crippen molar-refractivity contribution >= 4 is 33.4 Å². The summed E-state index contributed by atoms with van der Waals surface area (Å²) < 4.78 is 0. The van der Waals surface area contributed by atoms with Crippen molar-refractivity contribution in [1.82, 2.24) is 10.6 Å². The Balaban J connectivity index is 3.53. The molecule has 0 aliphatic rings. The van der Waals surface area contributed by atoms with Gasteiger partial charge in [-0.05, 0) is 89.9 Å². The molecule has 0 aliphatic heterocycles. The van der Waals surface area contributed by atoms with Gasteiger partial charge < -0.3 is 10.6 Å². The lowest BCUT2D eigenvalue weighted by atomic mass is 10.2. The van der Waals surface area contributed by atoms with Gasteiger partial charge in [0, 0.05) is 37.4 Å². The van der Waals surface area contributed by atoms with Crippen molar-refractivity contribution in [3.8, 4) is 0 Å². The van der Waals surface area contributed by atoms with Crippen LogP contribution in [0.25, 0.3) is 0 Å². The van der Waals surface area contributed by atoms with E-state index in [0.717, 1.165) is 101 Å². The van der Waals surface area contributed by atoms with Crippen LogP contribution in [0.3, 0.4) is 0 Å². The van der Waals surface area contributed by atoms with Gasteiger partial charge in [-0.25, -0.2) is 0 Å². The highest BCUT2D eigenvalue weighted by atomic mass is 33.1. The van der Waals surface area contributed by atoms with Crippen LogP contribution in [0.15, 0.2) is 122 Å². The van der Waals surface area contributed by atoms with Crippen LogP contribution < -0.4 is 10.6 Å². The lowest BCUT2D eigenvalue weighted by Crippen LogP contribution is -2.25. The molecule has 0 saturated carbocycles. The normalized spacial score (nSPS) is 12.9. The first-order chi connectivity index (χ1) is 24.7. The maximum atomic E-state index is 12.0. The van der Waals surface area contributed by atoms with Gasteiger partial charge in [-0.3, -0.25) is 9.59 Å². The molecule has 0 aromatic heterocycles. The highest BCUT2D eigenvalue weighted by Gasteiger charge is 2.01. The average Bonchev–Trinajstić information content (AvgIpc) is 3.12. The van der Waals surface area contributed by atoms with Gasteiger partial charge in [0.15, 0.2) is 0 Å². The molecule has 0 bridgehead atoms. The molecule has 0 aromatic rings. The minimum atomic E-state index is 0.125. The second-order valence-electron chi connectivity index (χ2n) is 11.5. The van der Waals surface area contributed by atoms with Gasteiger partial charge in [-0.2, -0.15) is 0 Å². The molecule has 2 N–H and O–H groups in total. The molecule has 0 unspecified atom stereocenters. The largest absolute Gasteiger partial charge is 0.355 e. The Labute approximate surface area is 315 Å². The van der Waals surface area contributed by atoms with E-state index in [-0.39, 0.29) is 11.8 Å². The summed E-state index contributed by atoms with van der Waals surface area (Å²) in [6, 6.07) is 0. The number of unbranched alkanes of at least 4 members (excludes halogenated alkanes) is 2. The van der Waals surface area contributed by atoms with Crippen molar-refractivity contribution in [2.45, 2.75) is 117 Å².